The normalized spacial score (nSPS) is 10.8. The van der Waals surface area contributed by atoms with Gasteiger partial charge in [-0.25, -0.2) is 0 Å². The van der Waals surface area contributed by atoms with E-state index in [2.05, 4.69) is 493 Å². The Morgan fingerprint density at radius 3 is 0.912 bits per heavy atom. The van der Waals surface area contributed by atoms with E-state index in [1.54, 1.807) is 10.4 Å². The molecule has 0 saturated heterocycles. The van der Waals surface area contributed by atoms with Crippen LogP contribution in [0.5, 0.6) is 0 Å². The molecular weight excluding hydrogens is 1390 g/mol. The van der Waals surface area contributed by atoms with E-state index in [-0.39, 0.29) is 10.8 Å². The first kappa shape index (κ1) is 93.9. The van der Waals surface area contributed by atoms with Crippen molar-refractivity contribution < 1.29 is 0 Å². The van der Waals surface area contributed by atoms with Gasteiger partial charge in [0.1, 0.15) is 0 Å². The van der Waals surface area contributed by atoms with Crippen molar-refractivity contribution in [1.29, 1.82) is 0 Å². The Balaban J connectivity index is 0.000000229. The van der Waals surface area contributed by atoms with Crippen molar-refractivity contribution >= 4 is 26.5 Å². The van der Waals surface area contributed by atoms with Gasteiger partial charge in [-0.15, -0.1) is 0 Å². The molecule has 0 nitrogen and oxygen atoms in total. The molecule has 13 aromatic rings. The standard InChI is InChI=1S/C19H16.2C13H12.C13H20.3C11H16.2C10H16Si/c1-15-12-18(16-8-4-2-5-9-16)14-19(13-15)17-10-6-3-7-11-17;1-11-6-5-9-13(10-11)12-7-3-2-4-8-12;1-11-7-9-13(10-8-11)12-5-3-2-4-6-12;1-9(2)12-6-11(5)7-13(8-12)10(3)4;1-9-5-7-10(8-6-9)11(2,3)4;1-9-6-5-7-10(8-9)11(2,3)4;1-3-4-5-11-8-6-10(2)7-9-11;1-9-5-7-10(8-6-9)11(2,3)4;1-9-6-5-7-10(8-9)11(2,3)4/h2-14H,1H3;2*2-10H,1H3;6-10H,1-5H3;2*5-8H,1-4H3;6-9H,3-5H2,1-2H3;2*5-8H,1-4H3. The largest absolute Gasteiger partial charge is 0.0776 e. The van der Waals surface area contributed by atoms with E-state index >= 15 is 0 Å². The van der Waals surface area contributed by atoms with E-state index < -0.39 is 16.1 Å². The maximum atomic E-state index is 2.38. The lowest BCUT2D eigenvalue weighted by Crippen LogP contribution is -2.37. The average molecular weight is 1530 g/mol. The lowest BCUT2D eigenvalue weighted by molar-refractivity contribution is 0.589. The zero-order chi connectivity index (χ0) is 83.3. The highest BCUT2D eigenvalue weighted by atomic mass is 28.3. The quantitative estimate of drug-likeness (QED) is 0.113. The van der Waals surface area contributed by atoms with Crippen LogP contribution in [0.25, 0.3) is 44.5 Å². The highest BCUT2D eigenvalue weighted by Gasteiger charge is 2.17. The zero-order valence-corrected chi connectivity index (χ0v) is 76.5. The monoisotopic (exact) mass is 1530 g/mol. The Morgan fingerprint density at radius 2 is 0.558 bits per heavy atom. The topological polar surface area (TPSA) is 0 Å². The van der Waals surface area contributed by atoms with Crippen LogP contribution in [0.3, 0.4) is 0 Å². The minimum atomic E-state index is -1.06. The Bertz CT molecular complexity index is 4570. The molecule has 0 aliphatic carbocycles. The second-order valence-electron chi connectivity index (χ2n) is 35.3. The SMILES string of the molecule is CCCCc1ccc(C)cc1.Cc1cc(-c2ccccc2)cc(-c2ccccc2)c1.Cc1cc(C(C)C)cc(C(C)C)c1.Cc1ccc(-c2ccccc2)cc1.Cc1ccc(C(C)(C)C)cc1.Cc1ccc([Si](C)(C)C)cc1.Cc1cccc(-c2ccccc2)c1.Cc1cccc(C(C)(C)C)c1.Cc1cccc([Si](C)(C)C)c1. The van der Waals surface area contributed by atoms with Gasteiger partial charge >= 0.3 is 0 Å². The molecule has 0 atom stereocenters. The van der Waals surface area contributed by atoms with E-state index in [0.717, 1.165) is 0 Å². The average Bonchev–Trinajstić information content (AvgIpc) is 0.827. The predicted octanol–water partition coefficient (Wildman–Crippen LogP) is 31.9. The molecule has 0 amide bonds. The maximum Gasteiger partial charge on any atom is 0.0776 e. The third-order valence-corrected chi connectivity index (χ3v) is 23.7. The molecule has 0 aliphatic heterocycles. The van der Waals surface area contributed by atoms with E-state index in [0.29, 0.717) is 11.8 Å². The van der Waals surface area contributed by atoms with Gasteiger partial charge < -0.3 is 0 Å². The van der Waals surface area contributed by atoms with Crippen LogP contribution in [0.15, 0.2) is 328 Å². The molecule has 0 saturated carbocycles. The molecule has 13 aromatic carbocycles. The predicted molar refractivity (Wildman–Crippen MR) is 513 cm³/mol. The molecule has 2 heteroatoms. The summed E-state index contributed by atoms with van der Waals surface area (Å²) in [6.45, 7) is 58.1. The molecule has 0 aromatic heterocycles. The summed E-state index contributed by atoms with van der Waals surface area (Å²) in [5, 5.41) is 3.10. The summed E-state index contributed by atoms with van der Waals surface area (Å²) in [4.78, 5) is 0. The van der Waals surface area contributed by atoms with E-state index in [1.165, 1.54) is 142 Å². The van der Waals surface area contributed by atoms with Crippen LogP contribution >= 0.6 is 0 Å². The van der Waals surface area contributed by atoms with Gasteiger partial charge in [-0.05, 0) is 182 Å². The molecule has 0 unspecified atom stereocenters. The summed E-state index contributed by atoms with van der Waals surface area (Å²) < 4.78 is 0. The second kappa shape index (κ2) is 47.1. The number of aryl methyl sites for hydroxylation is 10. The first-order valence-corrected chi connectivity index (χ1v) is 48.3. The van der Waals surface area contributed by atoms with Crippen LogP contribution in [-0.2, 0) is 17.3 Å². The summed E-state index contributed by atoms with van der Waals surface area (Å²) >= 11 is 0. The first-order chi connectivity index (χ1) is 53.4. The van der Waals surface area contributed by atoms with Crippen molar-refractivity contribution in [2.24, 2.45) is 0 Å². The smallest absolute Gasteiger partial charge is 0.0656 e. The van der Waals surface area contributed by atoms with Crippen LogP contribution in [-0.4, -0.2) is 16.1 Å². The fraction of sp³-hybridized carbons (Fsp3) is 0.297. The number of unbranched alkanes of at least 4 members (excludes halogenated alkanes) is 1. The van der Waals surface area contributed by atoms with Gasteiger partial charge in [-0.3, -0.25) is 0 Å². The molecule has 0 bridgehead atoms. The van der Waals surface area contributed by atoms with Crippen molar-refractivity contribution in [3.63, 3.8) is 0 Å². The van der Waals surface area contributed by atoms with Gasteiger partial charge in [0.2, 0.25) is 0 Å². The van der Waals surface area contributed by atoms with Crippen molar-refractivity contribution in [2.75, 3.05) is 0 Å². The second-order valence-corrected chi connectivity index (χ2v) is 45.5. The van der Waals surface area contributed by atoms with Crippen LogP contribution in [0.1, 0.15) is 179 Å². The molecule has 0 spiro atoms. The molecule has 0 aliphatic rings. The molecular formula is C111H140Si2. The summed E-state index contributed by atoms with van der Waals surface area (Å²) in [6, 6.07) is 117. The van der Waals surface area contributed by atoms with Crippen molar-refractivity contribution in [1.82, 2.24) is 0 Å². The van der Waals surface area contributed by atoms with Crippen LogP contribution in [0.2, 0.25) is 39.3 Å². The Morgan fingerprint density at radius 1 is 0.239 bits per heavy atom. The van der Waals surface area contributed by atoms with Gasteiger partial charge in [0, 0.05) is 0 Å². The van der Waals surface area contributed by atoms with Gasteiger partial charge in [-0.1, -0.05) is 498 Å². The number of rotatable bonds is 11. The minimum Gasteiger partial charge on any atom is -0.0656 e. The van der Waals surface area contributed by atoms with Gasteiger partial charge in [0.05, 0.1) is 16.1 Å². The van der Waals surface area contributed by atoms with Gasteiger partial charge in [0.15, 0.2) is 0 Å². The third kappa shape index (κ3) is 36.3. The van der Waals surface area contributed by atoms with Crippen LogP contribution < -0.4 is 10.4 Å². The van der Waals surface area contributed by atoms with Crippen LogP contribution in [0.4, 0.5) is 0 Å². The Hall–Kier alpha value is -9.71. The highest BCUT2D eigenvalue weighted by Crippen LogP contribution is 2.30. The first-order valence-electron chi connectivity index (χ1n) is 41.3. The molecule has 113 heavy (non-hydrogen) atoms. The summed E-state index contributed by atoms with van der Waals surface area (Å²) in [6.07, 6.45) is 3.83. The number of hydrogen-bond donors (Lipinski definition) is 0. The van der Waals surface area contributed by atoms with Gasteiger partial charge in [0.25, 0.3) is 0 Å². The number of benzene rings is 13. The van der Waals surface area contributed by atoms with E-state index in [1.807, 2.05) is 12.1 Å². The van der Waals surface area contributed by atoms with E-state index in [4.69, 9.17) is 0 Å². The van der Waals surface area contributed by atoms with Crippen molar-refractivity contribution in [2.45, 2.75) is 220 Å². The molecule has 0 fully saturated rings. The van der Waals surface area contributed by atoms with Crippen molar-refractivity contribution in [3.05, 3.63) is 405 Å². The molecule has 0 heterocycles. The fourth-order valence-corrected chi connectivity index (χ4v) is 14.6. The lowest BCUT2D eigenvalue weighted by atomic mass is 9.86. The molecule has 592 valence electrons. The third-order valence-electron chi connectivity index (χ3n) is 19.6. The van der Waals surface area contributed by atoms with Gasteiger partial charge in [-0.2, -0.15) is 0 Å². The minimum absolute atomic E-state index is 0.284. The van der Waals surface area contributed by atoms with Crippen molar-refractivity contribution in [3.8, 4) is 44.5 Å². The summed E-state index contributed by atoms with van der Waals surface area (Å²) in [5.41, 5.74) is 30.1. The maximum absolute atomic E-state index is 2.38. The Kier molecular flexibility index (Phi) is 39.1. The Labute approximate surface area is 691 Å². The van der Waals surface area contributed by atoms with Crippen LogP contribution in [0, 0.1) is 62.3 Å². The fourth-order valence-electron chi connectivity index (χ4n) is 12.2. The highest BCUT2D eigenvalue weighted by molar-refractivity contribution is 6.89. The summed E-state index contributed by atoms with van der Waals surface area (Å²) in [7, 11) is -2.12. The zero-order valence-electron chi connectivity index (χ0n) is 74.5. The lowest BCUT2D eigenvalue weighted by Gasteiger charge is -2.19. The molecule has 0 radical (unpaired) electrons. The van der Waals surface area contributed by atoms with E-state index in [9.17, 15) is 0 Å². The molecule has 0 N–H and O–H groups in total. The summed E-state index contributed by atoms with van der Waals surface area (Å²) in [5.74, 6) is 1.27. The number of hydrogen-bond acceptors (Lipinski definition) is 0. The molecule has 13 rings (SSSR count).